The molecule has 106 valence electrons. The van der Waals surface area contributed by atoms with E-state index in [0.717, 1.165) is 17.7 Å². The summed E-state index contributed by atoms with van der Waals surface area (Å²) in [7, 11) is 0. The number of aryl methyl sites for hydroxylation is 1. The summed E-state index contributed by atoms with van der Waals surface area (Å²) >= 11 is 0. The summed E-state index contributed by atoms with van der Waals surface area (Å²) in [6, 6.07) is 9.15. The van der Waals surface area contributed by atoms with Gasteiger partial charge in [-0.1, -0.05) is 37.2 Å². The SMILES string of the molecule is CCC(C)c1ccccc1NC(=O)Nc1cc(C)on1. The number of urea groups is 1. The first-order valence-electron chi connectivity index (χ1n) is 6.70. The molecule has 0 bridgehead atoms. The highest BCUT2D eigenvalue weighted by Gasteiger charge is 2.11. The summed E-state index contributed by atoms with van der Waals surface area (Å²) in [6.45, 7) is 6.04. The molecule has 0 aliphatic carbocycles. The van der Waals surface area contributed by atoms with Crippen LogP contribution in [0.1, 0.15) is 37.5 Å². The van der Waals surface area contributed by atoms with Crippen molar-refractivity contribution >= 4 is 17.5 Å². The number of anilines is 2. The molecular formula is C15H19N3O2. The monoisotopic (exact) mass is 273 g/mol. The smallest absolute Gasteiger partial charge is 0.324 e. The number of carbonyl (C=O) groups excluding carboxylic acids is 1. The third-order valence-electron chi connectivity index (χ3n) is 3.22. The Bertz CT molecular complexity index is 592. The topological polar surface area (TPSA) is 67.2 Å². The van der Waals surface area contributed by atoms with Gasteiger partial charge in [0.15, 0.2) is 5.82 Å². The van der Waals surface area contributed by atoms with Gasteiger partial charge in [-0.3, -0.25) is 5.32 Å². The Hall–Kier alpha value is -2.30. The molecule has 1 unspecified atom stereocenters. The molecule has 0 aliphatic heterocycles. The average molecular weight is 273 g/mol. The minimum absolute atomic E-state index is 0.325. The molecule has 1 aromatic heterocycles. The molecule has 2 N–H and O–H groups in total. The molecular weight excluding hydrogens is 254 g/mol. The van der Waals surface area contributed by atoms with Crippen LogP contribution in [0.5, 0.6) is 0 Å². The molecule has 2 aromatic rings. The van der Waals surface area contributed by atoms with E-state index in [2.05, 4.69) is 29.6 Å². The van der Waals surface area contributed by atoms with E-state index in [4.69, 9.17) is 4.52 Å². The van der Waals surface area contributed by atoms with E-state index >= 15 is 0 Å². The largest absolute Gasteiger partial charge is 0.360 e. The standard InChI is InChI=1S/C15H19N3O2/c1-4-10(2)12-7-5-6-8-13(12)16-15(19)17-14-9-11(3)20-18-14/h5-10H,4H2,1-3H3,(H2,16,17,18,19). The van der Waals surface area contributed by atoms with Crippen LogP contribution in [0.2, 0.25) is 0 Å². The number of nitrogens with one attached hydrogen (secondary N) is 2. The Morgan fingerprint density at radius 1 is 1.35 bits per heavy atom. The van der Waals surface area contributed by atoms with Gasteiger partial charge in [0.05, 0.1) is 0 Å². The summed E-state index contributed by atoms with van der Waals surface area (Å²) in [5.74, 6) is 1.45. The Kier molecular flexibility index (Phi) is 4.40. The second kappa shape index (κ2) is 6.23. The van der Waals surface area contributed by atoms with E-state index in [-0.39, 0.29) is 6.03 Å². The second-order valence-corrected chi connectivity index (χ2v) is 4.80. The van der Waals surface area contributed by atoms with Crippen LogP contribution in [0, 0.1) is 6.92 Å². The lowest BCUT2D eigenvalue weighted by molar-refractivity contribution is 0.262. The summed E-state index contributed by atoms with van der Waals surface area (Å²) in [5.41, 5.74) is 1.95. The van der Waals surface area contributed by atoms with Gasteiger partial charge in [-0.15, -0.1) is 0 Å². The molecule has 0 saturated carbocycles. The number of hydrogen-bond acceptors (Lipinski definition) is 3. The molecule has 2 rings (SSSR count). The number of amides is 2. The highest BCUT2D eigenvalue weighted by atomic mass is 16.5. The first kappa shape index (κ1) is 14.1. The van der Waals surface area contributed by atoms with Gasteiger partial charge in [-0.2, -0.15) is 0 Å². The molecule has 0 spiro atoms. The van der Waals surface area contributed by atoms with Gasteiger partial charge >= 0.3 is 6.03 Å². The Morgan fingerprint density at radius 3 is 2.75 bits per heavy atom. The van der Waals surface area contributed by atoms with E-state index in [1.807, 2.05) is 24.3 Å². The van der Waals surface area contributed by atoms with Crippen molar-refractivity contribution in [3.8, 4) is 0 Å². The third-order valence-corrected chi connectivity index (χ3v) is 3.22. The van der Waals surface area contributed by atoms with Crippen LogP contribution in [-0.2, 0) is 0 Å². The van der Waals surface area contributed by atoms with Crippen LogP contribution >= 0.6 is 0 Å². The molecule has 0 aliphatic rings. The maximum absolute atomic E-state index is 12.0. The van der Waals surface area contributed by atoms with Crippen molar-refractivity contribution < 1.29 is 9.32 Å². The van der Waals surface area contributed by atoms with Gasteiger partial charge in [0.2, 0.25) is 0 Å². The molecule has 0 saturated heterocycles. The number of benzene rings is 1. The molecule has 1 heterocycles. The fourth-order valence-corrected chi connectivity index (χ4v) is 1.96. The quantitative estimate of drug-likeness (QED) is 0.879. The summed E-state index contributed by atoms with van der Waals surface area (Å²) in [5, 5.41) is 9.22. The van der Waals surface area contributed by atoms with Crippen molar-refractivity contribution in [3.05, 3.63) is 41.7 Å². The first-order valence-corrected chi connectivity index (χ1v) is 6.70. The molecule has 1 aromatic carbocycles. The maximum atomic E-state index is 12.0. The van der Waals surface area contributed by atoms with Crippen molar-refractivity contribution in [2.75, 3.05) is 10.6 Å². The van der Waals surface area contributed by atoms with Gasteiger partial charge in [0.25, 0.3) is 0 Å². The Morgan fingerprint density at radius 2 is 2.10 bits per heavy atom. The van der Waals surface area contributed by atoms with Crippen LogP contribution < -0.4 is 10.6 Å². The van der Waals surface area contributed by atoms with E-state index in [0.29, 0.717) is 17.5 Å². The lowest BCUT2D eigenvalue weighted by Crippen LogP contribution is -2.20. The van der Waals surface area contributed by atoms with Crippen molar-refractivity contribution in [3.63, 3.8) is 0 Å². The number of carbonyl (C=O) groups is 1. The molecule has 0 radical (unpaired) electrons. The van der Waals surface area contributed by atoms with Crippen molar-refractivity contribution in [2.24, 2.45) is 0 Å². The zero-order valence-corrected chi connectivity index (χ0v) is 11.9. The number of para-hydroxylation sites is 1. The fourth-order valence-electron chi connectivity index (χ4n) is 1.96. The normalized spacial score (nSPS) is 11.9. The van der Waals surface area contributed by atoms with E-state index in [1.54, 1.807) is 13.0 Å². The van der Waals surface area contributed by atoms with Crippen molar-refractivity contribution in [1.82, 2.24) is 5.16 Å². The van der Waals surface area contributed by atoms with E-state index < -0.39 is 0 Å². The minimum Gasteiger partial charge on any atom is -0.360 e. The maximum Gasteiger partial charge on any atom is 0.324 e. The van der Waals surface area contributed by atoms with Crippen LogP contribution in [-0.4, -0.2) is 11.2 Å². The Balaban J connectivity index is 2.08. The number of nitrogens with zero attached hydrogens (tertiary/aromatic N) is 1. The zero-order valence-electron chi connectivity index (χ0n) is 11.9. The van der Waals surface area contributed by atoms with E-state index in [9.17, 15) is 4.79 Å². The van der Waals surface area contributed by atoms with E-state index in [1.165, 1.54) is 0 Å². The molecule has 20 heavy (non-hydrogen) atoms. The summed E-state index contributed by atoms with van der Waals surface area (Å²) < 4.78 is 4.90. The lowest BCUT2D eigenvalue weighted by Gasteiger charge is -2.15. The number of hydrogen-bond donors (Lipinski definition) is 2. The fraction of sp³-hybridized carbons (Fsp3) is 0.333. The zero-order chi connectivity index (χ0) is 14.5. The average Bonchev–Trinajstić information content (AvgIpc) is 2.83. The van der Waals surface area contributed by atoms with Gasteiger partial charge < -0.3 is 9.84 Å². The van der Waals surface area contributed by atoms with Gasteiger partial charge in [-0.05, 0) is 30.9 Å². The van der Waals surface area contributed by atoms with Gasteiger partial charge in [0, 0.05) is 11.8 Å². The Labute approximate surface area is 118 Å². The highest BCUT2D eigenvalue weighted by Crippen LogP contribution is 2.26. The molecule has 1 atom stereocenters. The van der Waals surface area contributed by atoms with Crippen molar-refractivity contribution in [1.29, 1.82) is 0 Å². The first-order chi connectivity index (χ1) is 9.60. The molecule has 5 nitrogen and oxygen atoms in total. The summed E-state index contributed by atoms with van der Waals surface area (Å²) in [6.07, 6.45) is 1.02. The molecule has 0 fully saturated rings. The lowest BCUT2D eigenvalue weighted by atomic mass is 9.97. The van der Waals surface area contributed by atoms with Crippen LogP contribution in [0.15, 0.2) is 34.9 Å². The number of aromatic nitrogens is 1. The van der Waals surface area contributed by atoms with Gasteiger partial charge in [0.1, 0.15) is 5.76 Å². The summed E-state index contributed by atoms with van der Waals surface area (Å²) in [4.78, 5) is 12.0. The van der Waals surface area contributed by atoms with Crippen LogP contribution in [0.25, 0.3) is 0 Å². The third kappa shape index (κ3) is 3.38. The highest BCUT2D eigenvalue weighted by molar-refractivity contribution is 5.99. The van der Waals surface area contributed by atoms with Gasteiger partial charge in [-0.25, -0.2) is 4.79 Å². The predicted octanol–water partition coefficient (Wildman–Crippen LogP) is 4.14. The van der Waals surface area contributed by atoms with Crippen LogP contribution in [0.4, 0.5) is 16.3 Å². The van der Waals surface area contributed by atoms with Crippen LogP contribution in [0.3, 0.4) is 0 Å². The van der Waals surface area contributed by atoms with Crippen molar-refractivity contribution in [2.45, 2.75) is 33.1 Å². The molecule has 5 heteroatoms. The number of rotatable bonds is 4. The minimum atomic E-state index is -0.325. The molecule has 2 amide bonds. The predicted molar refractivity (Wildman–Crippen MR) is 79.0 cm³/mol. The second-order valence-electron chi connectivity index (χ2n) is 4.80.